The van der Waals surface area contributed by atoms with Crippen molar-refractivity contribution in [3.8, 4) is 0 Å². The van der Waals surface area contributed by atoms with Gasteiger partial charge < -0.3 is 4.90 Å². The van der Waals surface area contributed by atoms with Gasteiger partial charge >= 0.3 is 0 Å². The standard InChI is InChI=1S/C11H12Cl3NO/c1-3-15(4-2)7-5-8(12)10(11(14)16)9(13)6-7/h5-6H,3-4H2,1-2H3. The number of carbonyl (C=O) groups is 1. The van der Waals surface area contributed by atoms with E-state index in [-0.39, 0.29) is 15.6 Å². The van der Waals surface area contributed by atoms with Crippen LogP contribution < -0.4 is 4.90 Å². The minimum Gasteiger partial charge on any atom is -0.372 e. The van der Waals surface area contributed by atoms with Crippen LogP contribution in [0.2, 0.25) is 10.0 Å². The summed E-state index contributed by atoms with van der Waals surface area (Å²) in [5.74, 6) is 0. The number of hydrogen-bond acceptors (Lipinski definition) is 2. The molecular weight excluding hydrogens is 268 g/mol. The number of benzene rings is 1. The molecule has 0 aliphatic heterocycles. The van der Waals surface area contributed by atoms with Gasteiger partial charge in [0.05, 0.1) is 15.6 Å². The minimum absolute atomic E-state index is 0.168. The highest BCUT2D eigenvalue weighted by atomic mass is 35.5. The molecule has 0 bridgehead atoms. The van der Waals surface area contributed by atoms with Crippen molar-refractivity contribution in [2.24, 2.45) is 0 Å². The van der Waals surface area contributed by atoms with Crippen LogP contribution in [-0.4, -0.2) is 18.3 Å². The van der Waals surface area contributed by atoms with Crippen molar-refractivity contribution in [3.63, 3.8) is 0 Å². The van der Waals surface area contributed by atoms with Crippen molar-refractivity contribution in [1.82, 2.24) is 0 Å². The molecule has 0 unspecified atom stereocenters. The van der Waals surface area contributed by atoms with Gasteiger partial charge in [-0.15, -0.1) is 0 Å². The zero-order valence-electron chi connectivity index (χ0n) is 9.06. The third-order valence-corrected chi connectivity index (χ3v) is 3.14. The molecule has 0 fully saturated rings. The van der Waals surface area contributed by atoms with Gasteiger partial charge in [-0.25, -0.2) is 0 Å². The summed E-state index contributed by atoms with van der Waals surface area (Å²) in [4.78, 5) is 13.2. The lowest BCUT2D eigenvalue weighted by atomic mass is 10.2. The molecule has 1 aromatic rings. The number of carbonyl (C=O) groups excluding carboxylic acids is 1. The van der Waals surface area contributed by atoms with E-state index >= 15 is 0 Å². The van der Waals surface area contributed by atoms with Crippen molar-refractivity contribution >= 4 is 45.7 Å². The smallest absolute Gasteiger partial charge is 0.255 e. The predicted octanol–water partition coefficient (Wildman–Crippen LogP) is 4.22. The van der Waals surface area contributed by atoms with E-state index in [1.165, 1.54) is 0 Å². The van der Waals surface area contributed by atoms with Crippen LogP contribution in [-0.2, 0) is 0 Å². The van der Waals surface area contributed by atoms with Gasteiger partial charge in [0.2, 0.25) is 0 Å². The molecule has 0 aromatic heterocycles. The second kappa shape index (κ2) is 5.76. The van der Waals surface area contributed by atoms with E-state index < -0.39 is 5.24 Å². The second-order valence-electron chi connectivity index (χ2n) is 3.23. The molecule has 2 nitrogen and oxygen atoms in total. The first-order chi connectivity index (χ1) is 7.51. The summed E-state index contributed by atoms with van der Waals surface area (Å²) in [6.45, 7) is 5.76. The molecule has 5 heteroatoms. The van der Waals surface area contributed by atoms with Crippen LogP contribution in [0.25, 0.3) is 0 Å². The molecule has 0 radical (unpaired) electrons. The van der Waals surface area contributed by atoms with E-state index in [4.69, 9.17) is 34.8 Å². The summed E-state index contributed by atoms with van der Waals surface area (Å²) in [6, 6.07) is 3.41. The Bertz CT molecular complexity index is 379. The van der Waals surface area contributed by atoms with E-state index in [1.54, 1.807) is 12.1 Å². The maximum atomic E-state index is 11.1. The topological polar surface area (TPSA) is 20.3 Å². The van der Waals surface area contributed by atoms with Crippen LogP contribution in [0.4, 0.5) is 5.69 Å². The second-order valence-corrected chi connectivity index (χ2v) is 4.39. The molecule has 0 spiro atoms. The molecule has 0 heterocycles. The van der Waals surface area contributed by atoms with Crippen molar-refractivity contribution in [2.45, 2.75) is 13.8 Å². The predicted molar refractivity (Wildman–Crippen MR) is 70.2 cm³/mol. The molecule has 0 amide bonds. The molecule has 1 rings (SSSR count). The molecule has 0 aliphatic carbocycles. The largest absolute Gasteiger partial charge is 0.372 e. The first kappa shape index (κ1) is 13.6. The Kier molecular flexibility index (Phi) is 4.90. The zero-order chi connectivity index (χ0) is 12.3. The van der Waals surface area contributed by atoms with Crippen molar-refractivity contribution in [3.05, 3.63) is 27.7 Å². The van der Waals surface area contributed by atoms with Crippen molar-refractivity contribution in [1.29, 1.82) is 0 Å². The van der Waals surface area contributed by atoms with E-state index in [0.717, 1.165) is 18.8 Å². The molecule has 0 saturated heterocycles. The van der Waals surface area contributed by atoms with Gasteiger partial charge in [0, 0.05) is 18.8 Å². The lowest BCUT2D eigenvalue weighted by Gasteiger charge is -2.22. The quantitative estimate of drug-likeness (QED) is 0.770. The van der Waals surface area contributed by atoms with Gasteiger partial charge in [-0.05, 0) is 37.6 Å². The van der Waals surface area contributed by atoms with Crippen LogP contribution in [0.5, 0.6) is 0 Å². The highest BCUT2D eigenvalue weighted by Gasteiger charge is 2.15. The Labute approximate surface area is 110 Å². The Balaban J connectivity index is 3.23. The third-order valence-electron chi connectivity index (χ3n) is 2.35. The number of halogens is 3. The van der Waals surface area contributed by atoms with Crippen LogP contribution in [0.15, 0.2) is 12.1 Å². The van der Waals surface area contributed by atoms with Gasteiger partial charge in [0.1, 0.15) is 0 Å². The maximum Gasteiger partial charge on any atom is 0.255 e. The highest BCUT2D eigenvalue weighted by Crippen LogP contribution is 2.31. The van der Waals surface area contributed by atoms with Gasteiger partial charge in [-0.2, -0.15) is 0 Å². The molecule has 0 saturated carbocycles. The van der Waals surface area contributed by atoms with E-state index in [2.05, 4.69) is 4.90 Å². The Morgan fingerprint density at radius 1 is 1.19 bits per heavy atom. The van der Waals surface area contributed by atoms with Crippen LogP contribution in [0, 0.1) is 0 Å². The van der Waals surface area contributed by atoms with Gasteiger partial charge in [-0.1, -0.05) is 23.2 Å². The number of nitrogens with zero attached hydrogens (tertiary/aromatic N) is 1. The number of anilines is 1. The van der Waals surface area contributed by atoms with E-state index in [1.807, 2.05) is 13.8 Å². The zero-order valence-corrected chi connectivity index (χ0v) is 11.3. The van der Waals surface area contributed by atoms with E-state index in [9.17, 15) is 4.79 Å². The number of rotatable bonds is 4. The first-order valence-corrected chi connectivity index (χ1v) is 6.08. The van der Waals surface area contributed by atoms with Crippen LogP contribution >= 0.6 is 34.8 Å². The Hall–Kier alpha value is -0.440. The molecule has 0 N–H and O–H groups in total. The summed E-state index contributed by atoms with van der Waals surface area (Å²) < 4.78 is 0. The Morgan fingerprint density at radius 3 is 1.94 bits per heavy atom. The van der Waals surface area contributed by atoms with Crippen molar-refractivity contribution in [2.75, 3.05) is 18.0 Å². The summed E-state index contributed by atoms with van der Waals surface area (Å²) in [5, 5.41) is -0.0649. The maximum absolute atomic E-state index is 11.1. The van der Waals surface area contributed by atoms with E-state index in [0.29, 0.717) is 0 Å². The minimum atomic E-state index is -0.638. The van der Waals surface area contributed by atoms with Crippen LogP contribution in [0.3, 0.4) is 0 Å². The molecule has 0 aliphatic rings. The number of hydrogen-bond donors (Lipinski definition) is 0. The lowest BCUT2D eigenvalue weighted by Crippen LogP contribution is -2.21. The lowest BCUT2D eigenvalue weighted by molar-refractivity contribution is 0.108. The summed E-state index contributed by atoms with van der Waals surface area (Å²) in [7, 11) is 0. The highest BCUT2D eigenvalue weighted by molar-refractivity contribution is 6.70. The van der Waals surface area contributed by atoms with Gasteiger partial charge in [0.15, 0.2) is 0 Å². The molecular formula is C11H12Cl3NO. The van der Waals surface area contributed by atoms with Crippen LogP contribution in [0.1, 0.15) is 24.2 Å². The molecule has 16 heavy (non-hydrogen) atoms. The third kappa shape index (κ3) is 2.82. The SMILES string of the molecule is CCN(CC)c1cc(Cl)c(C(=O)Cl)c(Cl)c1. The fraction of sp³-hybridized carbons (Fsp3) is 0.364. The average molecular weight is 281 g/mol. The molecule has 1 aromatic carbocycles. The fourth-order valence-electron chi connectivity index (χ4n) is 1.52. The van der Waals surface area contributed by atoms with Gasteiger partial charge in [-0.3, -0.25) is 4.79 Å². The normalized spacial score (nSPS) is 10.3. The summed E-state index contributed by atoms with van der Waals surface area (Å²) >= 11 is 17.3. The average Bonchev–Trinajstić information content (AvgIpc) is 2.17. The molecule has 0 atom stereocenters. The summed E-state index contributed by atoms with van der Waals surface area (Å²) in [6.07, 6.45) is 0. The Morgan fingerprint density at radius 2 is 1.62 bits per heavy atom. The fourth-order valence-corrected chi connectivity index (χ4v) is 2.47. The van der Waals surface area contributed by atoms with Gasteiger partial charge in [0.25, 0.3) is 5.24 Å². The first-order valence-electron chi connectivity index (χ1n) is 4.95. The van der Waals surface area contributed by atoms with Crippen molar-refractivity contribution < 1.29 is 4.79 Å². The monoisotopic (exact) mass is 279 g/mol. The summed E-state index contributed by atoms with van der Waals surface area (Å²) in [5.41, 5.74) is 1.06. The molecule has 88 valence electrons.